The van der Waals surface area contributed by atoms with E-state index in [9.17, 15) is 9.59 Å². The molecule has 0 saturated carbocycles. The molecule has 1 fully saturated rings. The summed E-state index contributed by atoms with van der Waals surface area (Å²) in [4.78, 5) is 28.8. The molecule has 5 nitrogen and oxygen atoms in total. The van der Waals surface area contributed by atoms with Crippen molar-refractivity contribution in [1.82, 2.24) is 9.88 Å². The molecule has 0 aliphatic carbocycles. The maximum Gasteiger partial charge on any atom is 0.229 e. The number of amides is 2. The van der Waals surface area contributed by atoms with Gasteiger partial charge in [0.25, 0.3) is 0 Å². The highest BCUT2D eigenvalue weighted by Crippen LogP contribution is 2.28. The molecule has 1 aromatic heterocycles. The lowest BCUT2D eigenvalue weighted by atomic mass is 9.89. The number of carbonyl (C=O) groups excluding carboxylic acids is 2. The van der Waals surface area contributed by atoms with Crippen molar-refractivity contribution in [2.24, 2.45) is 5.73 Å². The van der Waals surface area contributed by atoms with Crippen molar-refractivity contribution in [3.8, 4) is 0 Å². The van der Waals surface area contributed by atoms with Crippen LogP contribution in [0.2, 0.25) is 0 Å². The number of aromatic nitrogens is 1. The van der Waals surface area contributed by atoms with E-state index < -0.39 is 0 Å². The van der Waals surface area contributed by atoms with E-state index in [0.29, 0.717) is 25.9 Å². The van der Waals surface area contributed by atoms with Crippen molar-refractivity contribution >= 4 is 11.8 Å². The molecule has 0 bridgehead atoms. The maximum absolute atomic E-state index is 11.8. The Labute approximate surface area is 99.6 Å². The fraction of sp³-hybridized carbons (Fsp3) is 0.417. The molecule has 0 spiro atoms. The molecule has 2 heterocycles. The number of imide groups is 1. The Balaban J connectivity index is 2.12. The fourth-order valence-electron chi connectivity index (χ4n) is 2.10. The van der Waals surface area contributed by atoms with E-state index in [1.54, 1.807) is 12.4 Å². The van der Waals surface area contributed by atoms with E-state index in [2.05, 4.69) is 4.98 Å². The van der Waals surface area contributed by atoms with Crippen LogP contribution in [0.4, 0.5) is 0 Å². The summed E-state index contributed by atoms with van der Waals surface area (Å²) in [5.41, 5.74) is 6.37. The van der Waals surface area contributed by atoms with E-state index in [4.69, 9.17) is 5.73 Å². The van der Waals surface area contributed by atoms with Crippen LogP contribution in [0, 0.1) is 0 Å². The summed E-state index contributed by atoms with van der Waals surface area (Å²) in [5, 5.41) is 0. The van der Waals surface area contributed by atoms with E-state index in [1.165, 1.54) is 4.90 Å². The van der Waals surface area contributed by atoms with Gasteiger partial charge in [-0.15, -0.1) is 0 Å². The van der Waals surface area contributed by atoms with Gasteiger partial charge in [-0.2, -0.15) is 0 Å². The third-order valence-electron chi connectivity index (χ3n) is 2.97. The highest BCUT2D eigenvalue weighted by Gasteiger charge is 2.32. The largest absolute Gasteiger partial charge is 0.329 e. The van der Waals surface area contributed by atoms with Gasteiger partial charge in [0.05, 0.1) is 0 Å². The van der Waals surface area contributed by atoms with Gasteiger partial charge in [0.15, 0.2) is 0 Å². The second-order valence-corrected chi connectivity index (χ2v) is 4.11. The molecule has 0 radical (unpaired) electrons. The molecule has 5 heteroatoms. The van der Waals surface area contributed by atoms with Crippen LogP contribution >= 0.6 is 0 Å². The standard InChI is InChI=1S/C12H15N3O2/c13-3-6-15-11(16)7-10(8-12(15)17)9-1-4-14-5-2-9/h1-2,4-5,10H,3,6-8,13H2. The van der Waals surface area contributed by atoms with E-state index in [1.807, 2.05) is 12.1 Å². The smallest absolute Gasteiger partial charge is 0.229 e. The van der Waals surface area contributed by atoms with Crippen LogP contribution < -0.4 is 5.73 Å². The van der Waals surface area contributed by atoms with Gasteiger partial charge in [-0.25, -0.2) is 0 Å². The Hall–Kier alpha value is -1.75. The Bertz CT molecular complexity index is 401. The minimum atomic E-state index is -0.131. The minimum Gasteiger partial charge on any atom is -0.329 e. The van der Waals surface area contributed by atoms with Crippen LogP contribution in [-0.2, 0) is 9.59 Å². The average molecular weight is 233 g/mol. The van der Waals surface area contributed by atoms with Crippen LogP contribution in [0.15, 0.2) is 24.5 Å². The van der Waals surface area contributed by atoms with Gasteiger partial charge in [-0.1, -0.05) is 0 Å². The zero-order chi connectivity index (χ0) is 12.3. The maximum atomic E-state index is 11.8. The van der Waals surface area contributed by atoms with Crippen molar-refractivity contribution < 1.29 is 9.59 Å². The number of likely N-dealkylation sites (tertiary alicyclic amines) is 1. The predicted octanol–water partition coefficient (Wildman–Crippen LogP) is 0.273. The molecule has 0 unspecified atom stereocenters. The van der Waals surface area contributed by atoms with E-state index in [0.717, 1.165) is 5.56 Å². The van der Waals surface area contributed by atoms with Crippen LogP contribution in [0.25, 0.3) is 0 Å². The van der Waals surface area contributed by atoms with Gasteiger partial charge in [0, 0.05) is 44.2 Å². The zero-order valence-corrected chi connectivity index (χ0v) is 9.50. The first kappa shape index (κ1) is 11.7. The van der Waals surface area contributed by atoms with Crippen LogP contribution in [-0.4, -0.2) is 34.8 Å². The van der Waals surface area contributed by atoms with Gasteiger partial charge in [0.1, 0.15) is 0 Å². The number of rotatable bonds is 3. The summed E-state index contributed by atoms with van der Waals surface area (Å²) in [6.45, 7) is 0.637. The fourth-order valence-corrected chi connectivity index (χ4v) is 2.10. The SMILES string of the molecule is NCCN1C(=O)CC(c2ccncc2)CC1=O. The van der Waals surface area contributed by atoms with Gasteiger partial charge < -0.3 is 5.73 Å². The predicted molar refractivity (Wildman–Crippen MR) is 62.0 cm³/mol. The zero-order valence-electron chi connectivity index (χ0n) is 9.50. The highest BCUT2D eigenvalue weighted by molar-refractivity contribution is 5.98. The van der Waals surface area contributed by atoms with Crippen LogP contribution in [0.3, 0.4) is 0 Å². The summed E-state index contributed by atoms with van der Waals surface area (Å²) in [6, 6.07) is 3.70. The summed E-state index contributed by atoms with van der Waals surface area (Å²) in [7, 11) is 0. The molecular weight excluding hydrogens is 218 g/mol. The molecule has 0 aromatic carbocycles. The number of nitrogens with zero attached hydrogens (tertiary/aromatic N) is 2. The average Bonchev–Trinajstić information content (AvgIpc) is 2.35. The van der Waals surface area contributed by atoms with Gasteiger partial charge in [-0.05, 0) is 17.7 Å². The first-order chi connectivity index (χ1) is 8.22. The topological polar surface area (TPSA) is 76.3 Å². The lowest BCUT2D eigenvalue weighted by Crippen LogP contribution is -2.44. The molecule has 0 atom stereocenters. The second kappa shape index (κ2) is 5.05. The van der Waals surface area contributed by atoms with Crippen molar-refractivity contribution in [3.05, 3.63) is 30.1 Å². The molecule has 2 rings (SSSR count). The minimum absolute atomic E-state index is 0.0213. The van der Waals surface area contributed by atoms with Crippen molar-refractivity contribution in [1.29, 1.82) is 0 Å². The Morgan fingerprint density at radius 3 is 2.35 bits per heavy atom. The van der Waals surface area contributed by atoms with Crippen molar-refractivity contribution in [2.45, 2.75) is 18.8 Å². The quantitative estimate of drug-likeness (QED) is 0.760. The Kier molecular flexibility index (Phi) is 3.49. The highest BCUT2D eigenvalue weighted by atomic mass is 16.2. The summed E-state index contributed by atoms with van der Waals surface area (Å²) in [5.74, 6) is -0.283. The van der Waals surface area contributed by atoms with E-state index >= 15 is 0 Å². The molecular formula is C12H15N3O2. The number of pyridine rings is 1. The first-order valence-electron chi connectivity index (χ1n) is 5.65. The van der Waals surface area contributed by atoms with Gasteiger partial charge in [0.2, 0.25) is 11.8 Å². The van der Waals surface area contributed by atoms with Crippen molar-refractivity contribution in [3.63, 3.8) is 0 Å². The lowest BCUT2D eigenvalue weighted by Gasteiger charge is -2.29. The number of hydrogen-bond donors (Lipinski definition) is 1. The summed E-state index contributed by atoms with van der Waals surface area (Å²) >= 11 is 0. The normalized spacial score (nSPS) is 17.6. The Morgan fingerprint density at radius 1 is 1.24 bits per heavy atom. The number of piperidine rings is 1. The molecule has 2 N–H and O–H groups in total. The van der Waals surface area contributed by atoms with Crippen LogP contribution in [0.5, 0.6) is 0 Å². The molecule has 1 saturated heterocycles. The molecule has 17 heavy (non-hydrogen) atoms. The second-order valence-electron chi connectivity index (χ2n) is 4.11. The first-order valence-corrected chi connectivity index (χ1v) is 5.65. The number of nitrogens with two attached hydrogens (primary N) is 1. The van der Waals surface area contributed by atoms with Gasteiger partial charge in [-0.3, -0.25) is 19.5 Å². The summed E-state index contributed by atoms with van der Waals surface area (Å²) < 4.78 is 0. The molecule has 2 amide bonds. The third-order valence-corrected chi connectivity index (χ3v) is 2.97. The molecule has 1 aliphatic rings. The number of hydrogen-bond acceptors (Lipinski definition) is 4. The Morgan fingerprint density at radius 2 is 1.82 bits per heavy atom. The molecule has 1 aromatic rings. The van der Waals surface area contributed by atoms with Gasteiger partial charge >= 0.3 is 0 Å². The summed E-state index contributed by atoms with van der Waals surface area (Å²) in [6.07, 6.45) is 4.10. The van der Waals surface area contributed by atoms with E-state index in [-0.39, 0.29) is 17.7 Å². The van der Waals surface area contributed by atoms with Crippen LogP contribution in [0.1, 0.15) is 24.3 Å². The number of carbonyl (C=O) groups is 2. The third kappa shape index (κ3) is 2.50. The monoisotopic (exact) mass is 233 g/mol. The van der Waals surface area contributed by atoms with Crippen molar-refractivity contribution in [2.75, 3.05) is 13.1 Å². The lowest BCUT2D eigenvalue weighted by molar-refractivity contribution is -0.148. The molecule has 1 aliphatic heterocycles. The molecule has 90 valence electrons.